The van der Waals surface area contributed by atoms with Gasteiger partial charge in [0.2, 0.25) is 5.91 Å². The molecule has 1 atom stereocenters. The molecular weight excluding hydrogens is 284 g/mol. The summed E-state index contributed by atoms with van der Waals surface area (Å²) in [7, 11) is 1.89. The Kier molecular flexibility index (Phi) is 4.24. The SMILES string of the molecule is Cn1cnnc1S[C@@H](C(=O)N1CCCC1)c1ccccc1. The van der Waals surface area contributed by atoms with E-state index in [9.17, 15) is 4.79 Å². The Bertz CT molecular complexity index is 607. The number of rotatable bonds is 4. The molecule has 6 heteroatoms. The minimum absolute atomic E-state index is 0.173. The van der Waals surface area contributed by atoms with E-state index in [1.165, 1.54) is 11.8 Å². The van der Waals surface area contributed by atoms with Crippen LogP contribution in [0.4, 0.5) is 0 Å². The summed E-state index contributed by atoms with van der Waals surface area (Å²) in [5.74, 6) is 0.173. The van der Waals surface area contributed by atoms with Crippen molar-refractivity contribution in [1.82, 2.24) is 19.7 Å². The summed E-state index contributed by atoms with van der Waals surface area (Å²) in [5, 5.41) is 8.49. The number of carbonyl (C=O) groups is 1. The zero-order chi connectivity index (χ0) is 14.7. The molecule has 1 fully saturated rings. The number of thioether (sulfide) groups is 1. The van der Waals surface area contributed by atoms with Crippen molar-refractivity contribution in [3.63, 3.8) is 0 Å². The molecule has 21 heavy (non-hydrogen) atoms. The van der Waals surface area contributed by atoms with Crippen molar-refractivity contribution >= 4 is 17.7 Å². The second kappa shape index (κ2) is 6.30. The van der Waals surface area contributed by atoms with E-state index in [0.717, 1.165) is 36.7 Å². The van der Waals surface area contributed by atoms with Crippen molar-refractivity contribution in [2.75, 3.05) is 13.1 Å². The minimum atomic E-state index is -0.257. The van der Waals surface area contributed by atoms with Gasteiger partial charge < -0.3 is 9.47 Å². The van der Waals surface area contributed by atoms with Crippen LogP contribution in [0.1, 0.15) is 23.7 Å². The lowest BCUT2D eigenvalue weighted by Crippen LogP contribution is -2.31. The second-order valence-electron chi connectivity index (χ2n) is 5.17. The van der Waals surface area contributed by atoms with Crippen LogP contribution >= 0.6 is 11.8 Å². The number of hydrogen-bond acceptors (Lipinski definition) is 4. The molecule has 3 rings (SSSR count). The molecule has 1 aliphatic heterocycles. The van der Waals surface area contributed by atoms with Gasteiger partial charge in [0.15, 0.2) is 5.16 Å². The molecule has 0 aliphatic carbocycles. The maximum atomic E-state index is 12.8. The van der Waals surface area contributed by atoms with Gasteiger partial charge in [0.05, 0.1) is 0 Å². The van der Waals surface area contributed by atoms with Gasteiger partial charge in [-0.05, 0) is 18.4 Å². The molecule has 0 radical (unpaired) electrons. The molecule has 1 aliphatic rings. The average molecular weight is 302 g/mol. The number of aromatic nitrogens is 3. The standard InChI is InChI=1S/C15H18N4OS/c1-18-11-16-17-15(18)21-13(12-7-3-2-4-8-12)14(20)19-9-5-6-10-19/h2-4,7-8,11,13H,5-6,9-10H2,1H3/t13-/m1/s1. The molecule has 0 bridgehead atoms. The van der Waals surface area contributed by atoms with Crippen molar-refractivity contribution in [3.8, 4) is 0 Å². The van der Waals surface area contributed by atoms with Gasteiger partial charge in [-0.15, -0.1) is 10.2 Å². The van der Waals surface area contributed by atoms with Crippen molar-refractivity contribution in [1.29, 1.82) is 0 Å². The topological polar surface area (TPSA) is 51.0 Å². The van der Waals surface area contributed by atoms with Crippen LogP contribution in [-0.4, -0.2) is 38.7 Å². The van der Waals surface area contributed by atoms with Crippen LogP contribution in [0.3, 0.4) is 0 Å². The van der Waals surface area contributed by atoms with Crippen LogP contribution in [0.15, 0.2) is 41.8 Å². The third kappa shape index (κ3) is 3.10. The Labute approximate surface area is 128 Å². The fourth-order valence-corrected chi connectivity index (χ4v) is 3.54. The summed E-state index contributed by atoms with van der Waals surface area (Å²) >= 11 is 1.47. The zero-order valence-corrected chi connectivity index (χ0v) is 12.8. The summed E-state index contributed by atoms with van der Waals surface area (Å²) < 4.78 is 1.85. The molecule has 1 saturated heterocycles. The average Bonchev–Trinajstić information content (AvgIpc) is 3.17. The van der Waals surface area contributed by atoms with Crippen LogP contribution in [0.25, 0.3) is 0 Å². The Hall–Kier alpha value is -1.82. The fraction of sp³-hybridized carbons (Fsp3) is 0.400. The van der Waals surface area contributed by atoms with Crippen LogP contribution in [0.2, 0.25) is 0 Å². The van der Waals surface area contributed by atoms with Crippen LogP contribution in [-0.2, 0) is 11.8 Å². The Morgan fingerprint density at radius 1 is 1.24 bits per heavy atom. The van der Waals surface area contributed by atoms with Gasteiger partial charge in [-0.25, -0.2) is 0 Å². The summed E-state index contributed by atoms with van der Waals surface area (Å²) in [6.07, 6.45) is 3.86. The fourth-order valence-electron chi connectivity index (χ4n) is 2.48. The molecule has 0 spiro atoms. The van der Waals surface area contributed by atoms with Gasteiger partial charge in [-0.3, -0.25) is 4.79 Å². The van der Waals surface area contributed by atoms with Gasteiger partial charge in [-0.1, -0.05) is 42.1 Å². The molecule has 0 saturated carbocycles. The number of nitrogens with zero attached hydrogens (tertiary/aromatic N) is 4. The van der Waals surface area contributed by atoms with Crippen LogP contribution in [0.5, 0.6) is 0 Å². The van der Waals surface area contributed by atoms with E-state index >= 15 is 0 Å². The van der Waals surface area contributed by atoms with Crippen LogP contribution < -0.4 is 0 Å². The summed E-state index contributed by atoms with van der Waals surface area (Å²) in [5.41, 5.74) is 1.02. The highest BCUT2D eigenvalue weighted by atomic mass is 32.2. The largest absolute Gasteiger partial charge is 0.341 e. The van der Waals surface area contributed by atoms with Gasteiger partial charge in [0.25, 0.3) is 0 Å². The molecule has 1 aromatic carbocycles. The molecule has 0 unspecified atom stereocenters. The van der Waals surface area contributed by atoms with Crippen LogP contribution in [0, 0.1) is 0 Å². The van der Waals surface area contributed by atoms with Gasteiger partial charge >= 0.3 is 0 Å². The van der Waals surface area contributed by atoms with Crippen molar-refractivity contribution < 1.29 is 4.79 Å². The monoisotopic (exact) mass is 302 g/mol. The molecule has 2 heterocycles. The summed E-state index contributed by atoms with van der Waals surface area (Å²) in [6.45, 7) is 1.73. The van der Waals surface area contributed by atoms with Crippen molar-refractivity contribution in [3.05, 3.63) is 42.2 Å². The number of amides is 1. The lowest BCUT2D eigenvalue weighted by molar-refractivity contribution is -0.129. The lowest BCUT2D eigenvalue weighted by atomic mass is 10.1. The number of aryl methyl sites for hydroxylation is 1. The number of likely N-dealkylation sites (tertiary alicyclic amines) is 1. The predicted octanol–water partition coefficient (Wildman–Crippen LogP) is 2.27. The zero-order valence-electron chi connectivity index (χ0n) is 12.0. The Balaban J connectivity index is 1.87. The van der Waals surface area contributed by atoms with Crippen molar-refractivity contribution in [2.24, 2.45) is 7.05 Å². The molecule has 0 N–H and O–H groups in total. The first-order valence-corrected chi connectivity index (χ1v) is 7.98. The van der Waals surface area contributed by atoms with Gasteiger partial charge in [-0.2, -0.15) is 0 Å². The molecule has 110 valence electrons. The van der Waals surface area contributed by atoms with E-state index in [-0.39, 0.29) is 11.2 Å². The highest BCUT2D eigenvalue weighted by Crippen LogP contribution is 2.36. The highest BCUT2D eigenvalue weighted by Gasteiger charge is 2.29. The number of hydrogen-bond donors (Lipinski definition) is 0. The maximum Gasteiger partial charge on any atom is 0.240 e. The molecule has 1 amide bonds. The first-order chi connectivity index (χ1) is 10.3. The number of carbonyl (C=O) groups excluding carboxylic acids is 1. The summed E-state index contributed by atoms with van der Waals surface area (Å²) in [4.78, 5) is 14.8. The molecule has 1 aromatic heterocycles. The minimum Gasteiger partial charge on any atom is -0.341 e. The Morgan fingerprint density at radius 3 is 2.57 bits per heavy atom. The van der Waals surface area contributed by atoms with E-state index in [0.29, 0.717) is 0 Å². The first-order valence-electron chi connectivity index (χ1n) is 7.10. The molecule has 5 nitrogen and oxygen atoms in total. The van der Waals surface area contributed by atoms with Crippen molar-refractivity contribution in [2.45, 2.75) is 23.2 Å². The molecular formula is C15H18N4OS. The Morgan fingerprint density at radius 2 is 1.95 bits per heavy atom. The lowest BCUT2D eigenvalue weighted by Gasteiger charge is -2.22. The molecule has 2 aromatic rings. The number of benzene rings is 1. The maximum absolute atomic E-state index is 12.8. The third-order valence-corrected chi connectivity index (χ3v) is 4.93. The smallest absolute Gasteiger partial charge is 0.240 e. The first kappa shape index (κ1) is 14.1. The van der Waals surface area contributed by atoms with Gasteiger partial charge in [0.1, 0.15) is 11.6 Å². The highest BCUT2D eigenvalue weighted by molar-refractivity contribution is 8.00. The van der Waals surface area contributed by atoms with E-state index < -0.39 is 0 Å². The quantitative estimate of drug-likeness (QED) is 0.813. The van der Waals surface area contributed by atoms with E-state index in [1.54, 1.807) is 6.33 Å². The van der Waals surface area contributed by atoms with E-state index in [4.69, 9.17) is 0 Å². The van der Waals surface area contributed by atoms with Gasteiger partial charge in [0, 0.05) is 20.1 Å². The predicted molar refractivity (Wildman–Crippen MR) is 81.9 cm³/mol. The van der Waals surface area contributed by atoms with E-state index in [2.05, 4.69) is 10.2 Å². The van der Waals surface area contributed by atoms with E-state index in [1.807, 2.05) is 46.8 Å². The third-order valence-electron chi connectivity index (χ3n) is 3.64. The summed E-state index contributed by atoms with van der Waals surface area (Å²) in [6, 6.07) is 9.91. The normalized spacial score (nSPS) is 16.1. The second-order valence-corrected chi connectivity index (χ2v) is 6.24.